The van der Waals surface area contributed by atoms with Crippen LogP contribution in [-0.2, 0) is 9.59 Å². The van der Waals surface area contributed by atoms with Gasteiger partial charge in [0.15, 0.2) is 0 Å². The zero-order valence-corrected chi connectivity index (χ0v) is 25.8. The van der Waals surface area contributed by atoms with Crippen LogP contribution < -0.4 is 16.0 Å². The van der Waals surface area contributed by atoms with Gasteiger partial charge in [0.2, 0.25) is 5.91 Å². The quantitative estimate of drug-likeness (QED) is 0.118. The minimum atomic E-state index is -0.597. The van der Waals surface area contributed by atoms with E-state index < -0.39 is 22.9 Å². The van der Waals surface area contributed by atoms with Gasteiger partial charge in [-0.2, -0.15) is 0 Å². The van der Waals surface area contributed by atoms with Gasteiger partial charge in [-0.1, -0.05) is 78.1 Å². The first kappa shape index (κ1) is 32.1. The van der Waals surface area contributed by atoms with E-state index in [1.54, 1.807) is 66.7 Å². The smallest absolute Gasteiger partial charge is 0.272 e. The Balaban J connectivity index is 1.52. The molecule has 0 heterocycles. The van der Waals surface area contributed by atoms with Crippen LogP contribution in [-0.4, -0.2) is 23.0 Å². The average molecular weight is 657 g/mol. The van der Waals surface area contributed by atoms with E-state index in [0.717, 1.165) is 0 Å². The Labute approximate surface area is 267 Å². The SMILES string of the molecule is CCC(Sc1cccc(NC(=O)/C(=C\c2cccc(Cl)c2Cl)NC(=O)c2ccccc2)c1)C(=O)Nc1ccc(F)c(Cl)c1. The van der Waals surface area contributed by atoms with Gasteiger partial charge in [0.1, 0.15) is 11.5 Å². The van der Waals surface area contributed by atoms with Crippen molar-refractivity contribution in [3.63, 3.8) is 0 Å². The summed E-state index contributed by atoms with van der Waals surface area (Å²) >= 11 is 19.6. The van der Waals surface area contributed by atoms with Crippen LogP contribution in [0.1, 0.15) is 29.3 Å². The zero-order chi connectivity index (χ0) is 30.9. The van der Waals surface area contributed by atoms with E-state index in [1.165, 1.54) is 36.0 Å². The van der Waals surface area contributed by atoms with Crippen molar-refractivity contribution in [1.29, 1.82) is 0 Å². The molecule has 0 aromatic heterocycles. The summed E-state index contributed by atoms with van der Waals surface area (Å²) in [5.74, 6) is -1.94. The van der Waals surface area contributed by atoms with Crippen LogP contribution in [0, 0.1) is 5.82 Å². The molecule has 0 radical (unpaired) electrons. The summed E-state index contributed by atoms with van der Waals surface area (Å²) < 4.78 is 13.5. The van der Waals surface area contributed by atoms with Gasteiger partial charge in [0.05, 0.1) is 20.3 Å². The molecule has 0 aliphatic heterocycles. The predicted molar refractivity (Wildman–Crippen MR) is 173 cm³/mol. The maximum Gasteiger partial charge on any atom is 0.272 e. The molecule has 3 amide bonds. The summed E-state index contributed by atoms with van der Waals surface area (Å²) in [4.78, 5) is 40.0. The molecule has 6 nitrogen and oxygen atoms in total. The van der Waals surface area contributed by atoms with Crippen LogP contribution in [0.3, 0.4) is 0 Å². The predicted octanol–water partition coefficient (Wildman–Crippen LogP) is 8.70. The Kier molecular flexibility index (Phi) is 11.3. The molecular weight excluding hydrogens is 632 g/mol. The lowest BCUT2D eigenvalue weighted by Crippen LogP contribution is -2.30. The van der Waals surface area contributed by atoms with E-state index in [9.17, 15) is 18.8 Å². The number of thioether (sulfide) groups is 1. The van der Waals surface area contributed by atoms with Gasteiger partial charge in [-0.25, -0.2) is 4.39 Å². The fourth-order valence-electron chi connectivity index (χ4n) is 3.86. The van der Waals surface area contributed by atoms with Gasteiger partial charge < -0.3 is 16.0 Å². The third-order valence-corrected chi connectivity index (χ3v) is 8.51. The van der Waals surface area contributed by atoms with E-state index in [1.807, 2.05) is 13.0 Å². The second-order valence-corrected chi connectivity index (χ2v) is 11.6. The third-order valence-electron chi connectivity index (χ3n) is 6.03. The Morgan fingerprint density at radius 3 is 2.28 bits per heavy atom. The molecule has 43 heavy (non-hydrogen) atoms. The largest absolute Gasteiger partial charge is 0.325 e. The molecule has 1 unspecified atom stereocenters. The van der Waals surface area contributed by atoms with E-state index in [0.29, 0.717) is 38.8 Å². The maximum atomic E-state index is 13.5. The first-order chi connectivity index (χ1) is 20.6. The van der Waals surface area contributed by atoms with Gasteiger partial charge in [-0.05, 0) is 72.7 Å². The summed E-state index contributed by atoms with van der Waals surface area (Å²) in [5.41, 5.74) is 1.57. The topological polar surface area (TPSA) is 87.3 Å². The molecule has 11 heteroatoms. The van der Waals surface area contributed by atoms with Gasteiger partial charge in [0.25, 0.3) is 11.8 Å². The Morgan fingerprint density at radius 1 is 0.837 bits per heavy atom. The van der Waals surface area contributed by atoms with Crippen LogP contribution >= 0.6 is 46.6 Å². The van der Waals surface area contributed by atoms with Crippen molar-refractivity contribution in [2.24, 2.45) is 0 Å². The Hall–Kier alpha value is -3.82. The molecule has 0 fully saturated rings. The molecule has 0 spiro atoms. The van der Waals surface area contributed by atoms with Crippen molar-refractivity contribution in [3.8, 4) is 0 Å². The van der Waals surface area contributed by atoms with E-state index >= 15 is 0 Å². The molecule has 0 bridgehead atoms. The number of carbonyl (C=O) groups is 3. The summed E-state index contributed by atoms with van der Waals surface area (Å²) in [6.45, 7) is 1.87. The lowest BCUT2D eigenvalue weighted by atomic mass is 10.1. The molecule has 220 valence electrons. The van der Waals surface area contributed by atoms with Crippen molar-refractivity contribution in [3.05, 3.63) is 129 Å². The lowest BCUT2D eigenvalue weighted by Gasteiger charge is -2.16. The molecule has 4 aromatic rings. The van der Waals surface area contributed by atoms with Crippen LogP contribution in [0.2, 0.25) is 15.1 Å². The molecule has 0 aliphatic rings. The number of carbonyl (C=O) groups excluding carboxylic acids is 3. The number of nitrogens with one attached hydrogen (secondary N) is 3. The Bertz CT molecular complexity index is 1690. The average Bonchev–Trinajstić information content (AvgIpc) is 3.00. The summed E-state index contributed by atoms with van der Waals surface area (Å²) in [6.07, 6.45) is 1.95. The van der Waals surface area contributed by atoms with E-state index in [-0.39, 0.29) is 21.6 Å². The van der Waals surface area contributed by atoms with Gasteiger partial charge in [-0.15, -0.1) is 11.8 Å². The minimum absolute atomic E-state index is 0.0557. The van der Waals surface area contributed by atoms with Crippen molar-refractivity contribution in [2.45, 2.75) is 23.5 Å². The van der Waals surface area contributed by atoms with Crippen molar-refractivity contribution in [2.75, 3.05) is 10.6 Å². The number of hydrogen-bond donors (Lipinski definition) is 3. The molecular formula is C32H25Cl3FN3O3S. The standard InChI is InChI=1S/C32H25Cl3FN3O3S/c1-2-28(32(42)38-22-14-15-26(36)25(34)18-22)43-23-12-7-11-21(17-23)37-31(41)27(16-20-10-6-13-24(33)29(20)35)39-30(40)19-8-4-3-5-9-19/h3-18,28H,2H2,1H3,(H,37,41)(H,38,42)(H,39,40)/b27-16+. The second kappa shape index (κ2) is 15.1. The highest BCUT2D eigenvalue weighted by molar-refractivity contribution is 8.00. The van der Waals surface area contributed by atoms with E-state index in [2.05, 4.69) is 16.0 Å². The fraction of sp³-hybridized carbons (Fsp3) is 0.0938. The Morgan fingerprint density at radius 2 is 1.56 bits per heavy atom. The molecule has 4 rings (SSSR count). The number of anilines is 2. The normalized spacial score (nSPS) is 11.9. The van der Waals surface area contributed by atoms with Gasteiger partial charge >= 0.3 is 0 Å². The number of rotatable bonds is 10. The highest BCUT2D eigenvalue weighted by Crippen LogP contribution is 2.30. The van der Waals surface area contributed by atoms with Crippen molar-refractivity contribution in [1.82, 2.24) is 5.32 Å². The van der Waals surface area contributed by atoms with E-state index in [4.69, 9.17) is 34.8 Å². The summed E-state index contributed by atoms with van der Waals surface area (Å²) in [5, 5.41) is 8.18. The van der Waals surface area contributed by atoms with Gasteiger partial charge in [-0.3, -0.25) is 14.4 Å². The number of benzene rings is 4. The van der Waals surface area contributed by atoms with Crippen molar-refractivity contribution >= 4 is 81.7 Å². The lowest BCUT2D eigenvalue weighted by molar-refractivity contribution is -0.116. The second-order valence-electron chi connectivity index (χ2n) is 9.14. The molecule has 0 saturated heterocycles. The molecule has 4 aromatic carbocycles. The molecule has 0 aliphatic carbocycles. The van der Waals surface area contributed by atoms with Crippen molar-refractivity contribution < 1.29 is 18.8 Å². The highest BCUT2D eigenvalue weighted by atomic mass is 35.5. The third kappa shape index (κ3) is 8.84. The molecule has 3 N–H and O–H groups in total. The number of hydrogen-bond acceptors (Lipinski definition) is 4. The summed E-state index contributed by atoms with van der Waals surface area (Å²) in [6, 6.07) is 24.4. The van der Waals surface area contributed by atoms with Crippen LogP contribution in [0.4, 0.5) is 15.8 Å². The minimum Gasteiger partial charge on any atom is -0.325 e. The fourth-order valence-corrected chi connectivity index (χ4v) is 5.41. The first-order valence-electron chi connectivity index (χ1n) is 13.0. The first-order valence-corrected chi connectivity index (χ1v) is 15.0. The highest BCUT2D eigenvalue weighted by Gasteiger charge is 2.20. The van der Waals surface area contributed by atoms with Gasteiger partial charge in [0, 0.05) is 21.8 Å². The summed E-state index contributed by atoms with van der Waals surface area (Å²) in [7, 11) is 0. The maximum absolute atomic E-state index is 13.5. The molecule has 0 saturated carbocycles. The van der Waals surface area contributed by atoms with Crippen LogP contribution in [0.15, 0.2) is 102 Å². The molecule has 1 atom stereocenters. The van der Waals surface area contributed by atoms with Crippen LogP contribution in [0.5, 0.6) is 0 Å². The van der Waals surface area contributed by atoms with Crippen LogP contribution in [0.25, 0.3) is 6.08 Å². The monoisotopic (exact) mass is 655 g/mol. The number of halogens is 4. The number of amides is 3. The zero-order valence-electron chi connectivity index (χ0n) is 22.7.